The largest absolute Gasteiger partial charge is 0.390 e. The standard InChI is InChI=1S/C12H15N3OS/c1-2-9-4-3-5-13-11(9)7-15-10(8-16)6-14-12(15)17/h3-6,16H,2,7-8H2,1H3,(H,14,17). The molecule has 0 saturated heterocycles. The van der Waals surface area contributed by atoms with Crippen LogP contribution in [0.1, 0.15) is 23.9 Å². The van der Waals surface area contributed by atoms with Gasteiger partial charge in [-0.15, -0.1) is 0 Å². The predicted molar refractivity (Wildman–Crippen MR) is 68.3 cm³/mol. The van der Waals surface area contributed by atoms with Crippen LogP contribution in [0.4, 0.5) is 0 Å². The first kappa shape index (κ1) is 12.0. The summed E-state index contributed by atoms with van der Waals surface area (Å²) in [6.07, 6.45) is 4.45. The number of H-pyrrole nitrogens is 1. The van der Waals surface area contributed by atoms with Gasteiger partial charge in [-0.2, -0.15) is 0 Å². The number of imidazole rings is 1. The predicted octanol–water partition coefficient (Wildman–Crippen LogP) is 2.04. The number of aromatic amines is 1. The molecule has 0 aliphatic carbocycles. The van der Waals surface area contributed by atoms with Crippen LogP contribution < -0.4 is 0 Å². The second-order valence-corrected chi connectivity index (χ2v) is 4.18. The third-order valence-corrected chi connectivity index (χ3v) is 3.13. The smallest absolute Gasteiger partial charge is 0.177 e. The van der Waals surface area contributed by atoms with Crippen LogP contribution in [0, 0.1) is 4.77 Å². The van der Waals surface area contributed by atoms with Gasteiger partial charge in [-0.1, -0.05) is 13.0 Å². The van der Waals surface area contributed by atoms with E-state index in [0.29, 0.717) is 11.3 Å². The van der Waals surface area contributed by atoms with Gasteiger partial charge in [0.05, 0.1) is 24.5 Å². The van der Waals surface area contributed by atoms with Crippen molar-refractivity contribution in [1.29, 1.82) is 0 Å². The lowest BCUT2D eigenvalue weighted by atomic mass is 10.1. The van der Waals surface area contributed by atoms with Gasteiger partial charge < -0.3 is 14.7 Å². The summed E-state index contributed by atoms with van der Waals surface area (Å²) in [4.78, 5) is 7.31. The number of aliphatic hydroxyl groups is 1. The summed E-state index contributed by atoms with van der Waals surface area (Å²) >= 11 is 5.19. The Labute approximate surface area is 105 Å². The molecule has 5 heteroatoms. The fraction of sp³-hybridized carbons (Fsp3) is 0.333. The van der Waals surface area contributed by atoms with Gasteiger partial charge >= 0.3 is 0 Å². The van der Waals surface area contributed by atoms with Crippen LogP contribution in [0.3, 0.4) is 0 Å². The molecule has 2 heterocycles. The fourth-order valence-electron chi connectivity index (χ4n) is 1.82. The Morgan fingerprint density at radius 2 is 2.35 bits per heavy atom. The minimum absolute atomic E-state index is 0.0264. The molecule has 0 fully saturated rings. The van der Waals surface area contributed by atoms with Crippen molar-refractivity contribution in [3.8, 4) is 0 Å². The number of pyridine rings is 1. The van der Waals surface area contributed by atoms with Crippen molar-refractivity contribution < 1.29 is 5.11 Å². The first-order valence-electron chi connectivity index (χ1n) is 5.57. The molecule has 2 rings (SSSR count). The minimum atomic E-state index is -0.0264. The topological polar surface area (TPSA) is 53.8 Å². The summed E-state index contributed by atoms with van der Waals surface area (Å²) in [7, 11) is 0. The van der Waals surface area contributed by atoms with E-state index in [2.05, 4.69) is 23.0 Å². The van der Waals surface area contributed by atoms with Gasteiger partial charge in [0.15, 0.2) is 4.77 Å². The summed E-state index contributed by atoms with van der Waals surface area (Å²) in [5.74, 6) is 0. The molecule has 0 aliphatic heterocycles. The third kappa shape index (κ3) is 2.45. The van der Waals surface area contributed by atoms with E-state index in [9.17, 15) is 5.11 Å². The molecule has 0 radical (unpaired) electrons. The molecule has 17 heavy (non-hydrogen) atoms. The molecule has 0 amide bonds. The van der Waals surface area contributed by atoms with E-state index in [4.69, 9.17) is 12.2 Å². The quantitative estimate of drug-likeness (QED) is 0.815. The van der Waals surface area contributed by atoms with Gasteiger partial charge in [0.25, 0.3) is 0 Å². The van der Waals surface area contributed by atoms with Crippen molar-refractivity contribution in [3.05, 3.63) is 46.2 Å². The maximum Gasteiger partial charge on any atom is 0.177 e. The molecular formula is C12H15N3OS. The Balaban J connectivity index is 2.37. The van der Waals surface area contributed by atoms with Crippen LogP contribution in [-0.4, -0.2) is 19.6 Å². The lowest BCUT2D eigenvalue weighted by molar-refractivity contribution is 0.271. The highest BCUT2D eigenvalue weighted by molar-refractivity contribution is 7.71. The van der Waals surface area contributed by atoms with Crippen molar-refractivity contribution in [3.63, 3.8) is 0 Å². The maximum atomic E-state index is 9.23. The zero-order chi connectivity index (χ0) is 12.3. The van der Waals surface area contributed by atoms with E-state index in [-0.39, 0.29) is 6.61 Å². The molecule has 0 bridgehead atoms. The normalized spacial score (nSPS) is 10.7. The summed E-state index contributed by atoms with van der Waals surface area (Å²) in [5.41, 5.74) is 2.99. The number of aryl methyl sites for hydroxylation is 1. The molecule has 90 valence electrons. The minimum Gasteiger partial charge on any atom is -0.390 e. The highest BCUT2D eigenvalue weighted by Crippen LogP contribution is 2.11. The first-order chi connectivity index (χ1) is 8.26. The molecule has 0 aliphatic rings. The molecule has 4 nitrogen and oxygen atoms in total. The highest BCUT2D eigenvalue weighted by Gasteiger charge is 2.07. The zero-order valence-electron chi connectivity index (χ0n) is 9.68. The molecule has 0 aromatic carbocycles. The number of aliphatic hydroxyl groups excluding tert-OH is 1. The van der Waals surface area contributed by atoms with E-state index in [0.717, 1.165) is 17.8 Å². The number of nitrogens with one attached hydrogen (secondary N) is 1. The van der Waals surface area contributed by atoms with Crippen LogP contribution in [-0.2, 0) is 19.6 Å². The lowest BCUT2D eigenvalue weighted by Gasteiger charge is -2.09. The van der Waals surface area contributed by atoms with E-state index in [1.54, 1.807) is 12.4 Å². The number of hydrogen-bond donors (Lipinski definition) is 2. The number of aromatic nitrogens is 3. The average molecular weight is 249 g/mol. The van der Waals surface area contributed by atoms with Crippen molar-refractivity contribution in [2.75, 3.05) is 0 Å². The molecule has 0 atom stereocenters. The molecule has 0 saturated carbocycles. The number of nitrogens with zero attached hydrogens (tertiary/aromatic N) is 2. The van der Waals surface area contributed by atoms with Gasteiger partial charge in [0, 0.05) is 12.4 Å². The van der Waals surface area contributed by atoms with E-state index < -0.39 is 0 Å². The highest BCUT2D eigenvalue weighted by atomic mass is 32.1. The number of hydrogen-bond acceptors (Lipinski definition) is 3. The second-order valence-electron chi connectivity index (χ2n) is 3.79. The van der Waals surface area contributed by atoms with Crippen LogP contribution in [0.25, 0.3) is 0 Å². The van der Waals surface area contributed by atoms with Gasteiger partial charge in [0.2, 0.25) is 0 Å². The first-order valence-corrected chi connectivity index (χ1v) is 5.97. The summed E-state index contributed by atoms with van der Waals surface area (Å²) in [6.45, 7) is 2.67. The summed E-state index contributed by atoms with van der Waals surface area (Å²) in [5, 5.41) is 9.23. The van der Waals surface area contributed by atoms with E-state index in [1.165, 1.54) is 5.56 Å². The van der Waals surface area contributed by atoms with Crippen molar-refractivity contribution >= 4 is 12.2 Å². The molecule has 2 aromatic heterocycles. The number of rotatable bonds is 4. The third-order valence-electron chi connectivity index (χ3n) is 2.79. The Morgan fingerprint density at radius 1 is 1.53 bits per heavy atom. The fourth-order valence-corrected chi connectivity index (χ4v) is 2.06. The van der Waals surface area contributed by atoms with Crippen molar-refractivity contribution in [2.24, 2.45) is 0 Å². The molecule has 0 unspecified atom stereocenters. The van der Waals surface area contributed by atoms with Gasteiger partial charge in [0.1, 0.15) is 0 Å². The monoisotopic (exact) mass is 249 g/mol. The average Bonchev–Trinajstić information content (AvgIpc) is 2.71. The maximum absolute atomic E-state index is 9.23. The SMILES string of the molecule is CCc1cccnc1Cn1c(CO)c[nH]c1=S. The van der Waals surface area contributed by atoms with Gasteiger partial charge in [-0.05, 0) is 30.3 Å². The summed E-state index contributed by atoms with van der Waals surface area (Å²) < 4.78 is 2.48. The zero-order valence-corrected chi connectivity index (χ0v) is 10.5. The van der Waals surface area contributed by atoms with Gasteiger partial charge in [-0.3, -0.25) is 4.98 Å². The Bertz CT molecular complexity index is 559. The Morgan fingerprint density at radius 3 is 3.06 bits per heavy atom. The summed E-state index contributed by atoms with van der Waals surface area (Å²) in [6, 6.07) is 4.00. The van der Waals surface area contributed by atoms with Crippen molar-refractivity contribution in [2.45, 2.75) is 26.5 Å². The Hall–Kier alpha value is -1.46. The second kappa shape index (κ2) is 5.25. The molecule has 2 aromatic rings. The van der Waals surface area contributed by atoms with E-state index in [1.807, 2.05) is 10.6 Å². The van der Waals surface area contributed by atoms with Crippen molar-refractivity contribution in [1.82, 2.24) is 14.5 Å². The van der Waals surface area contributed by atoms with Crippen LogP contribution in [0.15, 0.2) is 24.5 Å². The van der Waals surface area contributed by atoms with Crippen LogP contribution >= 0.6 is 12.2 Å². The van der Waals surface area contributed by atoms with Crippen LogP contribution in [0.5, 0.6) is 0 Å². The Kier molecular flexibility index (Phi) is 3.71. The van der Waals surface area contributed by atoms with E-state index >= 15 is 0 Å². The molecule has 0 spiro atoms. The van der Waals surface area contributed by atoms with Crippen LogP contribution in [0.2, 0.25) is 0 Å². The lowest BCUT2D eigenvalue weighted by Crippen LogP contribution is -2.08. The van der Waals surface area contributed by atoms with Gasteiger partial charge in [-0.25, -0.2) is 0 Å². The molecular weight excluding hydrogens is 234 g/mol. The molecule has 2 N–H and O–H groups in total.